The number of amides is 1. The van der Waals surface area contributed by atoms with Crippen molar-refractivity contribution < 1.29 is 9.59 Å². The van der Waals surface area contributed by atoms with Crippen molar-refractivity contribution in [2.24, 2.45) is 0 Å². The number of thioether (sulfide) groups is 1. The van der Waals surface area contributed by atoms with Crippen molar-refractivity contribution >= 4 is 28.6 Å². The molecule has 0 radical (unpaired) electrons. The highest BCUT2D eigenvalue weighted by atomic mass is 32.2. The third kappa shape index (κ3) is 2.31. The van der Waals surface area contributed by atoms with Gasteiger partial charge in [0.1, 0.15) is 17.5 Å². The number of carbonyl (C=O) groups is 2. The fourth-order valence-corrected chi connectivity index (χ4v) is 2.69. The van der Waals surface area contributed by atoms with Crippen LogP contribution in [0.3, 0.4) is 0 Å². The molecule has 0 aromatic carbocycles. The van der Waals surface area contributed by atoms with Crippen LogP contribution >= 0.6 is 11.8 Å². The van der Waals surface area contributed by atoms with Crippen LogP contribution in [0, 0.1) is 11.3 Å². The van der Waals surface area contributed by atoms with E-state index in [1.165, 1.54) is 18.0 Å². The topological polar surface area (TPSA) is 89.8 Å². The Hall–Kier alpha value is -1.81. The average molecular weight is 250 g/mol. The second kappa shape index (κ2) is 4.59. The lowest BCUT2D eigenvalue weighted by molar-refractivity contribution is -0.117. The molecule has 0 aliphatic carbocycles. The number of aromatic amines is 1. The number of hydrogen-bond donors (Lipinski definition) is 1. The Balaban J connectivity index is 2.16. The molecule has 1 saturated heterocycles. The van der Waals surface area contributed by atoms with Crippen LogP contribution in [0.15, 0.2) is 6.20 Å². The van der Waals surface area contributed by atoms with Crippen molar-refractivity contribution in [2.45, 2.75) is 18.6 Å². The summed E-state index contributed by atoms with van der Waals surface area (Å²) in [7, 11) is 0. The lowest BCUT2D eigenvalue weighted by atomic mass is 10.3. The Labute approximate surface area is 102 Å². The maximum atomic E-state index is 11.8. The molecule has 1 fully saturated rings. The Morgan fingerprint density at radius 3 is 3.18 bits per heavy atom. The van der Waals surface area contributed by atoms with Crippen LogP contribution in [0.5, 0.6) is 0 Å². The maximum Gasteiger partial charge on any atom is 0.229 e. The number of hydrogen-bond acceptors (Lipinski definition) is 5. The molecule has 1 aliphatic heterocycles. The lowest BCUT2D eigenvalue weighted by Gasteiger charge is -2.13. The van der Waals surface area contributed by atoms with Crippen molar-refractivity contribution in [1.82, 2.24) is 10.2 Å². The Morgan fingerprint density at radius 2 is 2.53 bits per heavy atom. The maximum absolute atomic E-state index is 11.8. The Kier molecular flexibility index (Phi) is 3.15. The number of nitrogens with one attached hydrogen (secondary N) is 1. The van der Waals surface area contributed by atoms with Gasteiger partial charge in [-0.3, -0.25) is 19.6 Å². The summed E-state index contributed by atoms with van der Waals surface area (Å²) < 4.78 is 0. The van der Waals surface area contributed by atoms with Crippen LogP contribution in [0.4, 0.5) is 5.82 Å². The molecular weight excluding hydrogens is 240 g/mol. The first-order valence-corrected chi connectivity index (χ1v) is 5.91. The summed E-state index contributed by atoms with van der Waals surface area (Å²) >= 11 is 1.16. The molecule has 0 bridgehead atoms. The zero-order chi connectivity index (χ0) is 12.4. The molecule has 88 valence electrons. The van der Waals surface area contributed by atoms with Crippen molar-refractivity contribution in [3.05, 3.63) is 11.8 Å². The van der Waals surface area contributed by atoms with Crippen LogP contribution in [0.2, 0.25) is 0 Å². The molecular formula is C10H10N4O2S. The molecule has 0 saturated carbocycles. The quantitative estimate of drug-likeness (QED) is 0.833. The summed E-state index contributed by atoms with van der Waals surface area (Å²) in [6, 6.07) is 1.97. The van der Waals surface area contributed by atoms with Crippen LogP contribution in [-0.4, -0.2) is 33.0 Å². The van der Waals surface area contributed by atoms with Gasteiger partial charge in [-0.25, -0.2) is 0 Å². The van der Waals surface area contributed by atoms with Gasteiger partial charge in [-0.15, -0.1) is 0 Å². The van der Waals surface area contributed by atoms with Crippen molar-refractivity contribution in [3.8, 4) is 6.07 Å². The number of nitrogens with zero attached hydrogens (tertiary/aromatic N) is 3. The van der Waals surface area contributed by atoms with Gasteiger partial charge in [0, 0.05) is 25.1 Å². The molecule has 1 unspecified atom stereocenters. The largest absolute Gasteiger partial charge is 0.295 e. The van der Waals surface area contributed by atoms with E-state index in [-0.39, 0.29) is 16.3 Å². The van der Waals surface area contributed by atoms with E-state index < -0.39 is 0 Å². The predicted molar refractivity (Wildman–Crippen MR) is 62.3 cm³/mol. The molecule has 1 aromatic rings. The first kappa shape index (κ1) is 11.7. The minimum absolute atomic E-state index is 0.00485. The minimum atomic E-state index is -0.0931. The molecule has 7 heteroatoms. The fourth-order valence-electron chi connectivity index (χ4n) is 1.77. The highest BCUT2D eigenvalue weighted by Gasteiger charge is 2.33. The van der Waals surface area contributed by atoms with E-state index in [1.807, 2.05) is 6.07 Å². The molecule has 1 amide bonds. The highest BCUT2D eigenvalue weighted by molar-refractivity contribution is 8.14. The summed E-state index contributed by atoms with van der Waals surface area (Å²) in [4.78, 5) is 24.2. The first-order valence-electron chi connectivity index (χ1n) is 5.03. The molecule has 1 N–H and O–H groups in total. The van der Waals surface area contributed by atoms with Crippen molar-refractivity contribution in [2.75, 3.05) is 11.4 Å². The van der Waals surface area contributed by atoms with Crippen LogP contribution in [0.1, 0.15) is 18.9 Å². The van der Waals surface area contributed by atoms with Crippen molar-refractivity contribution in [1.29, 1.82) is 5.26 Å². The van der Waals surface area contributed by atoms with Gasteiger partial charge in [-0.2, -0.15) is 10.4 Å². The zero-order valence-corrected chi connectivity index (χ0v) is 9.95. The lowest BCUT2D eigenvalue weighted by Crippen LogP contribution is -2.26. The SMILES string of the molecule is CC(=O)SC1CC(=O)N(c2[nH]ncc2C#N)C1. The minimum Gasteiger partial charge on any atom is -0.295 e. The van der Waals surface area contributed by atoms with E-state index in [2.05, 4.69) is 10.2 Å². The number of rotatable bonds is 2. The number of aromatic nitrogens is 2. The molecule has 0 spiro atoms. The molecule has 1 aliphatic rings. The van der Waals surface area contributed by atoms with Gasteiger partial charge in [0.05, 0.1) is 6.20 Å². The van der Waals surface area contributed by atoms with Crippen LogP contribution < -0.4 is 4.90 Å². The van der Waals surface area contributed by atoms with Gasteiger partial charge in [0.25, 0.3) is 0 Å². The summed E-state index contributed by atoms with van der Waals surface area (Å²) in [6.45, 7) is 1.91. The number of carbonyl (C=O) groups excluding carboxylic acids is 2. The van der Waals surface area contributed by atoms with Gasteiger partial charge >= 0.3 is 0 Å². The predicted octanol–water partition coefficient (Wildman–Crippen LogP) is 0.666. The van der Waals surface area contributed by atoms with E-state index in [0.29, 0.717) is 24.3 Å². The van der Waals surface area contributed by atoms with Gasteiger partial charge in [0.15, 0.2) is 5.12 Å². The third-order valence-corrected chi connectivity index (χ3v) is 3.41. The Bertz CT molecular complexity index is 505. The molecule has 2 rings (SSSR count). The third-order valence-electron chi connectivity index (χ3n) is 2.43. The summed E-state index contributed by atoms with van der Waals surface area (Å²) in [5, 5.41) is 15.2. The molecule has 17 heavy (non-hydrogen) atoms. The second-order valence-corrected chi connectivity index (χ2v) is 5.16. The average Bonchev–Trinajstić information content (AvgIpc) is 2.83. The van der Waals surface area contributed by atoms with Crippen molar-refractivity contribution in [3.63, 3.8) is 0 Å². The van der Waals surface area contributed by atoms with Gasteiger partial charge in [-0.1, -0.05) is 11.8 Å². The van der Waals surface area contributed by atoms with Crippen LogP contribution in [-0.2, 0) is 9.59 Å². The van der Waals surface area contributed by atoms with E-state index in [4.69, 9.17) is 5.26 Å². The number of anilines is 1. The Morgan fingerprint density at radius 1 is 1.76 bits per heavy atom. The number of nitriles is 1. The smallest absolute Gasteiger partial charge is 0.229 e. The summed E-state index contributed by atoms with van der Waals surface area (Å²) in [5.41, 5.74) is 0.340. The standard InChI is InChI=1S/C10H10N4O2S/c1-6(15)17-8-2-9(16)14(5-8)10-7(3-11)4-12-13-10/h4,8H,2,5H2,1H3,(H,12,13). The van der Waals surface area contributed by atoms with Crippen LogP contribution in [0.25, 0.3) is 0 Å². The normalized spacial score (nSPS) is 19.4. The van der Waals surface area contributed by atoms with E-state index >= 15 is 0 Å². The summed E-state index contributed by atoms with van der Waals surface area (Å²) in [6.07, 6.45) is 1.70. The number of H-pyrrole nitrogens is 1. The zero-order valence-electron chi connectivity index (χ0n) is 9.14. The van der Waals surface area contributed by atoms with Gasteiger partial charge < -0.3 is 0 Å². The first-order chi connectivity index (χ1) is 8.11. The molecule has 1 atom stereocenters. The molecule has 6 nitrogen and oxygen atoms in total. The monoisotopic (exact) mass is 250 g/mol. The van der Waals surface area contributed by atoms with Gasteiger partial charge in [-0.05, 0) is 0 Å². The second-order valence-electron chi connectivity index (χ2n) is 3.68. The molecule has 1 aromatic heterocycles. The summed E-state index contributed by atoms with van der Waals surface area (Å²) in [5.74, 6) is 0.327. The van der Waals surface area contributed by atoms with E-state index in [9.17, 15) is 9.59 Å². The fraction of sp³-hybridized carbons (Fsp3) is 0.400. The van der Waals surface area contributed by atoms with E-state index in [0.717, 1.165) is 11.8 Å². The highest BCUT2D eigenvalue weighted by Crippen LogP contribution is 2.28. The molecule has 2 heterocycles. The van der Waals surface area contributed by atoms with E-state index in [1.54, 1.807) is 0 Å². The van der Waals surface area contributed by atoms with Gasteiger partial charge in [0.2, 0.25) is 5.91 Å².